The highest BCUT2D eigenvalue weighted by atomic mass is 35.5. The second kappa shape index (κ2) is 13.8. The summed E-state index contributed by atoms with van der Waals surface area (Å²) < 4.78 is 2.18. The SMILES string of the molecule is Cc1ccc(C(=O)N(CCC(C)C)CC(=O)N(Cc2cccn2Cc2ccccc2Cl)C2CCCCC2)cc1. The normalized spacial score (nSPS) is 14.0. The zero-order chi connectivity index (χ0) is 27.8. The average Bonchev–Trinajstić information content (AvgIpc) is 3.37. The third kappa shape index (κ3) is 7.98. The van der Waals surface area contributed by atoms with Gasteiger partial charge in [0, 0.05) is 41.6 Å². The maximum absolute atomic E-state index is 14.0. The molecule has 0 aliphatic heterocycles. The molecule has 1 heterocycles. The molecule has 1 aromatic heterocycles. The van der Waals surface area contributed by atoms with E-state index in [1.807, 2.05) is 66.4 Å². The number of carbonyl (C=O) groups is 2. The fourth-order valence-electron chi connectivity index (χ4n) is 5.34. The van der Waals surface area contributed by atoms with Gasteiger partial charge in [0.05, 0.1) is 6.54 Å². The van der Waals surface area contributed by atoms with Crippen molar-refractivity contribution in [3.8, 4) is 0 Å². The predicted molar refractivity (Wildman–Crippen MR) is 159 cm³/mol. The van der Waals surface area contributed by atoms with Gasteiger partial charge in [0.1, 0.15) is 6.54 Å². The van der Waals surface area contributed by atoms with Crippen LogP contribution in [0.1, 0.15) is 79.6 Å². The van der Waals surface area contributed by atoms with Crippen LogP contribution in [0.3, 0.4) is 0 Å². The molecule has 0 N–H and O–H groups in total. The van der Waals surface area contributed by atoms with Crippen molar-refractivity contribution in [2.75, 3.05) is 13.1 Å². The molecule has 39 heavy (non-hydrogen) atoms. The van der Waals surface area contributed by atoms with Gasteiger partial charge < -0.3 is 14.4 Å². The minimum absolute atomic E-state index is 0.0246. The van der Waals surface area contributed by atoms with Crippen LogP contribution in [0.4, 0.5) is 0 Å². The van der Waals surface area contributed by atoms with Crippen LogP contribution >= 0.6 is 11.6 Å². The van der Waals surface area contributed by atoms with E-state index in [1.165, 1.54) is 6.42 Å². The van der Waals surface area contributed by atoms with Crippen molar-refractivity contribution < 1.29 is 9.59 Å². The molecule has 208 valence electrons. The molecule has 0 radical (unpaired) electrons. The number of hydrogen-bond acceptors (Lipinski definition) is 2. The average molecular weight is 548 g/mol. The first-order valence-electron chi connectivity index (χ1n) is 14.3. The van der Waals surface area contributed by atoms with Gasteiger partial charge in [-0.3, -0.25) is 9.59 Å². The second-order valence-electron chi connectivity index (χ2n) is 11.3. The molecule has 1 saturated carbocycles. The maximum Gasteiger partial charge on any atom is 0.254 e. The first-order valence-corrected chi connectivity index (χ1v) is 14.7. The molecule has 3 aromatic rings. The maximum atomic E-state index is 14.0. The quantitative estimate of drug-likeness (QED) is 0.252. The van der Waals surface area contributed by atoms with Gasteiger partial charge in [-0.15, -0.1) is 0 Å². The summed E-state index contributed by atoms with van der Waals surface area (Å²) in [5.74, 6) is 0.391. The van der Waals surface area contributed by atoms with Gasteiger partial charge in [-0.25, -0.2) is 0 Å². The lowest BCUT2D eigenvalue weighted by Gasteiger charge is -2.36. The Morgan fingerprint density at radius 3 is 2.38 bits per heavy atom. The molecule has 0 saturated heterocycles. The van der Waals surface area contributed by atoms with Crippen LogP contribution in [0.2, 0.25) is 5.02 Å². The van der Waals surface area contributed by atoms with Crippen molar-refractivity contribution in [2.45, 2.75) is 78.4 Å². The molecule has 6 heteroatoms. The number of aryl methyl sites for hydroxylation is 1. The molecule has 0 atom stereocenters. The molecule has 0 spiro atoms. The Morgan fingerprint density at radius 1 is 0.974 bits per heavy atom. The predicted octanol–water partition coefficient (Wildman–Crippen LogP) is 7.35. The van der Waals surface area contributed by atoms with E-state index in [-0.39, 0.29) is 24.4 Å². The summed E-state index contributed by atoms with van der Waals surface area (Å²) in [5.41, 5.74) is 3.87. The van der Waals surface area contributed by atoms with Crippen molar-refractivity contribution in [1.29, 1.82) is 0 Å². The van der Waals surface area contributed by atoms with Gasteiger partial charge in [0.15, 0.2) is 0 Å². The van der Waals surface area contributed by atoms with Crippen molar-refractivity contribution >= 4 is 23.4 Å². The van der Waals surface area contributed by atoms with E-state index >= 15 is 0 Å². The molecule has 2 amide bonds. The third-order valence-electron chi connectivity index (χ3n) is 7.78. The van der Waals surface area contributed by atoms with Gasteiger partial charge in [-0.05, 0) is 68.0 Å². The number of benzene rings is 2. The number of hydrogen-bond donors (Lipinski definition) is 0. The van der Waals surface area contributed by atoms with Crippen molar-refractivity contribution in [3.63, 3.8) is 0 Å². The Kier molecular flexibility index (Phi) is 10.3. The molecule has 0 bridgehead atoms. The number of aromatic nitrogens is 1. The van der Waals surface area contributed by atoms with Crippen molar-refractivity contribution in [2.24, 2.45) is 5.92 Å². The van der Waals surface area contributed by atoms with Gasteiger partial charge >= 0.3 is 0 Å². The topological polar surface area (TPSA) is 45.6 Å². The van der Waals surface area contributed by atoms with Gasteiger partial charge in [-0.1, -0.05) is 80.6 Å². The zero-order valence-corrected chi connectivity index (χ0v) is 24.4. The van der Waals surface area contributed by atoms with Crippen molar-refractivity contribution in [1.82, 2.24) is 14.4 Å². The highest BCUT2D eigenvalue weighted by Crippen LogP contribution is 2.26. The number of carbonyl (C=O) groups excluding carboxylic acids is 2. The molecule has 0 unspecified atom stereocenters. The largest absolute Gasteiger partial charge is 0.345 e. The third-order valence-corrected chi connectivity index (χ3v) is 8.15. The van der Waals surface area contributed by atoms with Crippen LogP contribution in [-0.2, 0) is 17.9 Å². The summed E-state index contributed by atoms with van der Waals surface area (Å²) in [5, 5.41) is 0.743. The van der Waals surface area contributed by atoms with Crippen molar-refractivity contribution in [3.05, 3.63) is 94.3 Å². The summed E-state index contributed by atoms with van der Waals surface area (Å²) in [7, 11) is 0. The molecular formula is C33H42ClN3O2. The van der Waals surface area contributed by atoms with Gasteiger partial charge in [0.2, 0.25) is 5.91 Å². The Balaban J connectivity index is 1.56. The van der Waals surface area contributed by atoms with E-state index < -0.39 is 0 Å². The highest BCUT2D eigenvalue weighted by molar-refractivity contribution is 6.31. The Morgan fingerprint density at radius 2 is 1.69 bits per heavy atom. The lowest BCUT2D eigenvalue weighted by Crippen LogP contribution is -2.48. The molecule has 1 aliphatic rings. The van der Waals surface area contributed by atoms with Crippen LogP contribution in [0.5, 0.6) is 0 Å². The smallest absolute Gasteiger partial charge is 0.254 e. The standard InChI is InChI=1S/C33H42ClN3O2/c1-25(2)19-21-36(33(39)27-17-15-26(3)16-18-27)24-32(38)37(29-11-5-4-6-12-29)23-30-13-9-20-35(30)22-28-10-7-8-14-31(28)34/h7-10,13-18,20,25,29H,4-6,11-12,19,21-24H2,1-3H3. The summed E-state index contributed by atoms with van der Waals surface area (Å²) in [6.45, 7) is 8.16. The second-order valence-corrected chi connectivity index (χ2v) is 11.7. The Bertz CT molecular complexity index is 1230. The van der Waals surface area contributed by atoms with E-state index in [9.17, 15) is 9.59 Å². The van der Waals surface area contributed by atoms with E-state index in [4.69, 9.17) is 11.6 Å². The molecule has 1 fully saturated rings. The highest BCUT2D eigenvalue weighted by Gasteiger charge is 2.29. The van der Waals surface area contributed by atoms with Crippen LogP contribution < -0.4 is 0 Å². The van der Waals surface area contributed by atoms with E-state index in [0.717, 1.165) is 53.9 Å². The Labute approximate surface area is 238 Å². The fourth-order valence-corrected chi connectivity index (χ4v) is 5.54. The monoisotopic (exact) mass is 547 g/mol. The lowest BCUT2D eigenvalue weighted by molar-refractivity contribution is -0.135. The van der Waals surface area contributed by atoms with Crippen LogP contribution in [0.25, 0.3) is 0 Å². The van der Waals surface area contributed by atoms with E-state index in [1.54, 1.807) is 4.90 Å². The van der Waals surface area contributed by atoms with E-state index in [2.05, 4.69) is 30.7 Å². The number of nitrogens with zero attached hydrogens (tertiary/aromatic N) is 3. The molecule has 4 rings (SSSR count). The molecular weight excluding hydrogens is 506 g/mol. The van der Waals surface area contributed by atoms with Crippen LogP contribution in [-0.4, -0.2) is 45.3 Å². The molecule has 5 nitrogen and oxygen atoms in total. The first-order chi connectivity index (χ1) is 18.8. The van der Waals surface area contributed by atoms with E-state index in [0.29, 0.717) is 31.1 Å². The first kappa shape index (κ1) is 28.9. The Hall–Kier alpha value is -3.05. The summed E-state index contributed by atoms with van der Waals surface area (Å²) in [6.07, 6.45) is 8.41. The lowest BCUT2D eigenvalue weighted by atomic mass is 9.94. The van der Waals surface area contributed by atoms with Crippen LogP contribution in [0, 0.1) is 12.8 Å². The summed E-state index contributed by atoms with van der Waals surface area (Å²) in [4.78, 5) is 31.4. The minimum Gasteiger partial charge on any atom is -0.345 e. The van der Waals surface area contributed by atoms with Gasteiger partial charge in [0.25, 0.3) is 5.91 Å². The molecule has 1 aliphatic carbocycles. The zero-order valence-electron chi connectivity index (χ0n) is 23.6. The van der Waals surface area contributed by atoms with Crippen LogP contribution in [0.15, 0.2) is 66.9 Å². The summed E-state index contributed by atoms with van der Waals surface area (Å²) in [6, 6.07) is 19.8. The number of amides is 2. The number of halogens is 1. The fraction of sp³-hybridized carbons (Fsp3) is 0.455. The van der Waals surface area contributed by atoms with Gasteiger partial charge in [-0.2, -0.15) is 0 Å². The molecule has 2 aromatic carbocycles. The number of rotatable bonds is 11. The minimum atomic E-state index is -0.0744. The summed E-state index contributed by atoms with van der Waals surface area (Å²) >= 11 is 6.45.